The number of likely N-dealkylation sites (N-methyl/N-ethyl adjacent to an activating group) is 1. The molecule has 1 fully saturated rings. The van der Waals surface area contributed by atoms with Crippen molar-refractivity contribution in [3.05, 3.63) is 0 Å². The van der Waals surface area contributed by atoms with Gasteiger partial charge in [0.15, 0.2) is 0 Å². The predicted molar refractivity (Wildman–Crippen MR) is 47.5 cm³/mol. The summed E-state index contributed by atoms with van der Waals surface area (Å²) in [4.78, 5) is 0. The molecular formula is C6H10NO2PS. The van der Waals surface area contributed by atoms with Crippen LogP contribution >= 0.6 is 18.1 Å². The third-order valence-electron chi connectivity index (χ3n) is 1.66. The molecule has 0 N–H and O–H groups in total. The molecule has 1 aliphatic heterocycles. The van der Waals surface area contributed by atoms with E-state index in [1.54, 1.807) is 18.0 Å². The Morgan fingerprint density at radius 2 is 2.55 bits per heavy atom. The highest BCUT2D eigenvalue weighted by Gasteiger charge is 2.39. The molecule has 1 rings (SSSR count). The topological polar surface area (TPSA) is 29.5 Å². The highest BCUT2D eigenvalue weighted by atomic mass is 32.7. The number of hydrogen-bond donors (Lipinski definition) is 0. The quantitative estimate of drug-likeness (QED) is 0.463. The Morgan fingerprint density at radius 1 is 1.91 bits per heavy atom. The maximum Gasteiger partial charge on any atom is 0.329 e. The van der Waals surface area contributed by atoms with Gasteiger partial charge in [0.2, 0.25) is 0 Å². The molecule has 2 unspecified atom stereocenters. The number of terminal acetylenes is 1. The number of nitrogens with zero attached hydrogens (tertiary/aromatic N) is 1. The summed E-state index contributed by atoms with van der Waals surface area (Å²) in [5, 5.41) is 0. The van der Waals surface area contributed by atoms with E-state index in [-0.39, 0.29) is 6.04 Å². The minimum atomic E-state index is -2.61. The third kappa shape index (κ3) is 1.47. The van der Waals surface area contributed by atoms with Crippen molar-refractivity contribution < 1.29 is 9.09 Å². The zero-order chi connectivity index (χ0) is 8.48. The Balaban J connectivity index is 2.80. The zero-order valence-corrected chi connectivity index (χ0v) is 8.19. The molecule has 0 aromatic carbocycles. The maximum absolute atomic E-state index is 11.7. The van der Waals surface area contributed by atoms with Crippen LogP contribution in [-0.2, 0) is 9.09 Å². The van der Waals surface area contributed by atoms with Gasteiger partial charge in [0, 0.05) is 0 Å². The van der Waals surface area contributed by atoms with Crippen LogP contribution in [0.4, 0.5) is 0 Å². The Kier molecular flexibility index (Phi) is 2.66. The van der Waals surface area contributed by atoms with Crippen LogP contribution in [0.15, 0.2) is 0 Å². The van der Waals surface area contributed by atoms with E-state index in [1.165, 1.54) is 11.4 Å². The van der Waals surface area contributed by atoms with Crippen LogP contribution in [0.1, 0.15) is 0 Å². The van der Waals surface area contributed by atoms with Crippen LogP contribution in [0, 0.1) is 12.3 Å². The molecule has 0 aromatic heterocycles. The van der Waals surface area contributed by atoms with Crippen LogP contribution in [0.3, 0.4) is 0 Å². The van der Waals surface area contributed by atoms with E-state index in [0.717, 1.165) is 0 Å². The summed E-state index contributed by atoms with van der Waals surface area (Å²) in [5.41, 5.74) is 0. The Labute approximate surface area is 70.7 Å². The second-order valence-corrected chi connectivity index (χ2v) is 6.87. The molecule has 0 radical (unpaired) electrons. The normalized spacial score (nSPS) is 38.8. The van der Waals surface area contributed by atoms with Gasteiger partial charge in [0.05, 0.1) is 6.61 Å². The first-order valence-electron chi connectivity index (χ1n) is 3.14. The van der Waals surface area contributed by atoms with Crippen molar-refractivity contribution in [3.8, 4) is 12.3 Å². The summed E-state index contributed by atoms with van der Waals surface area (Å²) in [6.45, 7) is -2.23. The van der Waals surface area contributed by atoms with Gasteiger partial charge in [-0.05, 0) is 13.3 Å². The minimum absolute atomic E-state index is 0.131. The van der Waals surface area contributed by atoms with Crippen molar-refractivity contribution in [1.82, 2.24) is 4.67 Å². The molecule has 2 atom stereocenters. The Hall–Kier alpha value is 0.0600. The molecule has 0 bridgehead atoms. The van der Waals surface area contributed by atoms with Crippen molar-refractivity contribution in [3.63, 3.8) is 0 Å². The Morgan fingerprint density at radius 3 is 2.82 bits per heavy atom. The molecule has 3 nitrogen and oxygen atoms in total. The van der Waals surface area contributed by atoms with E-state index in [1.807, 2.05) is 0 Å². The molecule has 0 spiro atoms. The van der Waals surface area contributed by atoms with Gasteiger partial charge < -0.3 is 4.52 Å². The van der Waals surface area contributed by atoms with Crippen LogP contribution in [0.5, 0.6) is 0 Å². The molecule has 11 heavy (non-hydrogen) atoms. The molecular weight excluding hydrogens is 181 g/mol. The molecule has 62 valence electrons. The van der Waals surface area contributed by atoms with Crippen LogP contribution < -0.4 is 0 Å². The minimum Gasteiger partial charge on any atom is -0.307 e. The summed E-state index contributed by atoms with van der Waals surface area (Å²) in [5.74, 6) is 2.52. The molecule has 1 aliphatic rings. The summed E-state index contributed by atoms with van der Waals surface area (Å²) in [6.07, 6.45) is 6.96. The lowest BCUT2D eigenvalue weighted by atomic mass is 10.3. The van der Waals surface area contributed by atoms with Crippen molar-refractivity contribution in [1.29, 1.82) is 0 Å². The first-order valence-corrected chi connectivity index (χ1v) is 6.54. The molecule has 1 saturated heterocycles. The van der Waals surface area contributed by atoms with Crippen molar-refractivity contribution in [2.45, 2.75) is 6.04 Å². The SMILES string of the molecule is C#CC1COP(=O)(SC)N1C. The molecule has 0 aromatic rings. The summed E-state index contributed by atoms with van der Waals surface area (Å²) >= 11 is 1.23. The van der Waals surface area contributed by atoms with Crippen molar-refractivity contribution in [2.24, 2.45) is 0 Å². The lowest BCUT2D eigenvalue weighted by Gasteiger charge is -2.17. The number of hydrogen-bond acceptors (Lipinski definition) is 3. The average Bonchev–Trinajstić information content (AvgIpc) is 2.31. The second-order valence-electron chi connectivity index (χ2n) is 2.20. The van der Waals surface area contributed by atoms with Crippen molar-refractivity contribution >= 4 is 18.1 Å². The highest BCUT2D eigenvalue weighted by Crippen LogP contribution is 2.64. The second kappa shape index (κ2) is 3.20. The largest absolute Gasteiger partial charge is 0.329 e. The lowest BCUT2D eigenvalue weighted by Crippen LogP contribution is -2.21. The zero-order valence-electron chi connectivity index (χ0n) is 6.48. The van der Waals surface area contributed by atoms with Crippen LogP contribution in [-0.4, -0.2) is 30.6 Å². The van der Waals surface area contributed by atoms with Gasteiger partial charge in [-0.3, -0.25) is 4.57 Å². The predicted octanol–water partition coefficient (Wildman–Crippen LogP) is 1.42. The fourth-order valence-electron chi connectivity index (χ4n) is 0.872. The monoisotopic (exact) mass is 191 g/mol. The van der Waals surface area contributed by atoms with Gasteiger partial charge >= 0.3 is 6.72 Å². The highest BCUT2D eigenvalue weighted by molar-refractivity contribution is 8.55. The first-order chi connectivity index (χ1) is 5.14. The van der Waals surface area contributed by atoms with E-state index in [2.05, 4.69) is 5.92 Å². The standard InChI is InChI=1S/C6H10NO2PS/c1-4-6-5-9-10(8,11-3)7(6)2/h1,6H,5H2,2-3H3. The van der Waals surface area contributed by atoms with Gasteiger partial charge in [0.25, 0.3) is 0 Å². The molecule has 0 aliphatic carbocycles. The van der Waals surface area contributed by atoms with E-state index < -0.39 is 6.72 Å². The van der Waals surface area contributed by atoms with E-state index in [9.17, 15) is 4.57 Å². The van der Waals surface area contributed by atoms with Crippen LogP contribution in [0.2, 0.25) is 0 Å². The summed E-state index contributed by atoms with van der Waals surface area (Å²) in [6, 6.07) is -0.131. The molecule has 5 heteroatoms. The smallest absolute Gasteiger partial charge is 0.307 e. The molecule has 1 heterocycles. The average molecular weight is 191 g/mol. The van der Waals surface area contributed by atoms with Gasteiger partial charge in [-0.1, -0.05) is 17.3 Å². The molecule has 0 saturated carbocycles. The summed E-state index contributed by atoms with van der Waals surface area (Å²) < 4.78 is 18.4. The van der Waals surface area contributed by atoms with Crippen LogP contribution in [0.25, 0.3) is 0 Å². The van der Waals surface area contributed by atoms with E-state index in [4.69, 9.17) is 10.9 Å². The van der Waals surface area contributed by atoms with E-state index >= 15 is 0 Å². The van der Waals surface area contributed by atoms with Gasteiger partial charge in [-0.25, -0.2) is 4.67 Å². The van der Waals surface area contributed by atoms with Gasteiger partial charge in [-0.15, -0.1) is 6.42 Å². The van der Waals surface area contributed by atoms with Gasteiger partial charge in [-0.2, -0.15) is 0 Å². The lowest BCUT2D eigenvalue weighted by molar-refractivity contribution is 0.354. The first kappa shape index (κ1) is 9.15. The maximum atomic E-state index is 11.7. The Bertz CT molecular complexity index is 237. The number of rotatable bonds is 1. The van der Waals surface area contributed by atoms with Gasteiger partial charge in [0.1, 0.15) is 6.04 Å². The van der Waals surface area contributed by atoms with E-state index in [0.29, 0.717) is 6.61 Å². The fourth-order valence-corrected chi connectivity index (χ4v) is 3.83. The van der Waals surface area contributed by atoms with Crippen molar-refractivity contribution in [2.75, 3.05) is 19.9 Å². The molecule has 0 amide bonds. The third-order valence-corrected chi connectivity index (χ3v) is 6.12. The summed E-state index contributed by atoms with van der Waals surface area (Å²) in [7, 11) is 1.73. The fraction of sp³-hybridized carbons (Fsp3) is 0.667.